The lowest BCUT2D eigenvalue weighted by atomic mass is 9.78. The van der Waals surface area contributed by atoms with E-state index >= 15 is 0 Å². The fourth-order valence-electron chi connectivity index (χ4n) is 5.62. The Hall–Kier alpha value is -1.47. The number of hydrogen-bond donors (Lipinski definition) is 1. The summed E-state index contributed by atoms with van der Waals surface area (Å²) in [5.41, 5.74) is 1.12. The third-order valence-corrected chi connectivity index (χ3v) is 15.2. The monoisotopic (exact) mass is 531 g/mol. The van der Waals surface area contributed by atoms with Gasteiger partial charge in [-0.1, -0.05) is 57.5 Å². The summed E-state index contributed by atoms with van der Waals surface area (Å²) in [6, 6.07) is 12.8. The van der Waals surface area contributed by atoms with Crippen molar-refractivity contribution in [3.63, 3.8) is 0 Å². The molecular formula is C30H49NO3SSi. The number of aliphatic hydroxyl groups excluding tert-OH is 1. The standard InChI is InChI=1S/C30H49NO3SSi/c1-7-12-23-28(32)30(35(33,31-6)25-19-15-14-16-20-25)27-22-18-17-21-26(27)29(24-13-8-2)34-36(9-3,10-4)11-5/h7-8,14-16,19-20,26,28-29,32H,1-2,9-13,17-18,21-24H2,3-6H3/b30-27-/t26?,28-,29-,35?/m0/s1. The molecular weight excluding hydrogens is 482 g/mol. The average Bonchev–Trinajstić information content (AvgIpc) is 2.93. The normalized spacial score (nSPS) is 21.2. The largest absolute Gasteiger partial charge is 0.413 e. The van der Waals surface area contributed by atoms with Gasteiger partial charge in [-0.3, -0.25) is 0 Å². The van der Waals surface area contributed by atoms with Crippen molar-refractivity contribution in [3.8, 4) is 0 Å². The van der Waals surface area contributed by atoms with Gasteiger partial charge in [0.15, 0.2) is 8.32 Å². The van der Waals surface area contributed by atoms with E-state index in [1.165, 1.54) is 0 Å². The predicted octanol–water partition coefficient (Wildman–Crippen LogP) is 8.27. The molecule has 0 aromatic heterocycles. The molecule has 1 N–H and O–H groups in total. The lowest BCUT2D eigenvalue weighted by Gasteiger charge is -2.41. The van der Waals surface area contributed by atoms with Crippen LogP contribution >= 0.6 is 0 Å². The highest BCUT2D eigenvalue weighted by Gasteiger charge is 2.39. The van der Waals surface area contributed by atoms with Gasteiger partial charge in [0, 0.05) is 13.0 Å². The Bertz CT molecular complexity index is 969. The first-order chi connectivity index (χ1) is 17.4. The Labute approximate surface area is 222 Å². The molecule has 0 spiro atoms. The van der Waals surface area contributed by atoms with Gasteiger partial charge in [-0.2, -0.15) is 0 Å². The number of hydrogen-bond acceptors (Lipinski definition) is 4. The van der Waals surface area contributed by atoms with E-state index in [-0.39, 0.29) is 12.0 Å². The van der Waals surface area contributed by atoms with Crippen molar-refractivity contribution in [2.45, 2.75) is 107 Å². The molecule has 1 saturated carbocycles. The first-order valence-electron chi connectivity index (χ1n) is 13.9. The first kappa shape index (κ1) is 30.7. The Morgan fingerprint density at radius 1 is 1.11 bits per heavy atom. The van der Waals surface area contributed by atoms with Crippen LogP contribution in [-0.4, -0.2) is 36.9 Å². The van der Waals surface area contributed by atoms with E-state index in [1.54, 1.807) is 7.05 Å². The molecule has 4 atom stereocenters. The first-order valence-corrected chi connectivity index (χ1v) is 17.9. The zero-order valence-corrected chi connectivity index (χ0v) is 24.9. The van der Waals surface area contributed by atoms with Crippen molar-refractivity contribution >= 4 is 18.0 Å². The molecule has 0 heterocycles. The van der Waals surface area contributed by atoms with Crippen LogP contribution in [0, 0.1) is 5.92 Å². The van der Waals surface area contributed by atoms with Crippen molar-refractivity contribution in [1.29, 1.82) is 0 Å². The van der Waals surface area contributed by atoms with Gasteiger partial charge in [-0.15, -0.1) is 13.2 Å². The SMILES string of the molecule is C=CCC[C@H](O[Si](CC)(CC)CC)C1CCCC/C1=C(\[C@@H](O)CCC=C)S(=O)(=NC)c1ccccc1. The van der Waals surface area contributed by atoms with E-state index < -0.39 is 24.2 Å². The second kappa shape index (κ2) is 15.1. The van der Waals surface area contributed by atoms with Crippen molar-refractivity contribution in [3.05, 3.63) is 66.1 Å². The average molecular weight is 532 g/mol. The predicted molar refractivity (Wildman–Crippen MR) is 157 cm³/mol. The molecule has 2 unspecified atom stereocenters. The van der Waals surface area contributed by atoms with E-state index in [0.29, 0.717) is 22.6 Å². The van der Waals surface area contributed by atoms with Crippen LogP contribution in [0.4, 0.5) is 0 Å². The van der Waals surface area contributed by atoms with Gasteiger partial charge >= 0.3 is 0 Å². The summed E-state index contributed by atoms with van der Waals surface area (Å²) in [4.78, 5) is 1.30. The molecule has 1 aliphatic carbocycles. The summed E-state index contributed by atoms with van der Waals surface area (Å²) in [5.74, 6) is 0.134. The summed E-state index contributed by atoms with van der Waals surface area (Å²) >= 11 is 0. The molecule has 1 aromatic carbocycles. The Morgan fingerprint density at radius 2 is 1.72 bits per heavy atom. The molecule has 0 bridgehead atoms. The molecule has 6 heteroatoms. The zero-order valence-electron chi connectivity index (χ0n) is 23.1. The van der Waals surface area contributed by atoms with Gasteiger partial charge in [0.05, 0.1) is 22.0 Å². The van der Waals surface area contributed by atoms with Crippen molar-refractivity contribution in [1.82, 2.24) is 0 Å². The number of allylic oxidation sites excluding steroid dienone is 2. The third kappa shape index (κ3) is 7.30. The van der Waals surface area contributed by atoms with Crippen LogP contribution in [0.25, 0.3) is 0 Å². The Kier molecular flexibility index (Phi) is 12.9. The van der Waals surface area contributed by atoms with Crippen LogP contribution in [0.15, 0.2) is 75.4 Å². The zero-order chi connectivity index (χ0) is 26.6. The maximum absolute atomic E-state index is 14.7. The second-order valence-corrected chi connectivity index (χ2v) is 17.0. The fraction of sp³-hybridized carbons (Fsp3) is 0.600. The minimum atomic E-state index is -2.97. The van der Waals surface area contributed by atoms with E-state index in [9.17, 15) is 9.32 Å². The molecule has 1 fully saturated rings. The minimum Gasteiger partial charge on any atom is -0.413 e. The Balaban J connectivity index is 2.75. The fourth-order valence-corrected chi connectivity index (χ4v) is 10.8. The number of nitrogens with zero attached hydrogens (tertiary/aromatic N) is 1. The highest BCUT2D eigenvalue weighted by Crippen LogP contribution is 2.43. The topological polar surface area (TPSA) is 58.9 Å². The van der Waals surface area contributed by atoms with Crippen LogP contribution in [0.2, 0.25) is 18.1 Å². The number of rotatable bonds is 15. The molecule has 4 nitrogen and oxygen atoms in total. The van der Waals surface area contributed by atoms with Gasteiger partial charge in [0.25, 0.3) is 0 Å². The van der Waals surface area contributed by atoms with Crippen LogP contribution in [0.3, 0.4) is 0 Å². The van der Waals surface area contributed by atoms with E-state index in [0.717, 1.165) is 62.2 Å². The van der Waals surface area contributed by atoms with Crippen molar-refractivity contribution in [2.75, 3.05) is 7.05 Å². The summed E-state index contributed by atoms with van der Waals surface area (Å²) in [6.45, 7) is 14.6. The molecule has 0 amide bonds. The molecule has 0 saturated heterocycles. The smallest absolute Gasteiger partial charge is 0.192 e. The van der Waals surface area contributed by atoms with Crippen LogP contribution in [-0.2, 0) is 14.2 Å². The van der Waals surface area contributed by atoms with Crippen LogP contribution < -0.4 is 0 Å². The number of aliphatic hydroxyl groups is 1. The van der Waals surface area contributed by atoms with E-state index in [2.05, 4.69) is 38.3 Å². The lowest BCUT2D eigenvalue weighted by Crippen LogP contribution is -2.44. The maximum atomic E-state index is 14.7. The quantitative estimate of drug-likeness (QED) is 0.183. The highest BCUT2D eigenvalue weighted by molar-refractivity contribution is 7.97. The summed E-state index contributed by atoms with van der Waals surface area (Å²) < 4.78 is 26.4. The molecule has 36 heavy (non-hydrogen) atoms. The van der Waals surface area contributed by atoms with Gasteiger partial charge < -0.3 is 9.53 Å². The Morgan fingerprint density at radius 3 is 2.28 bits per heavy atom. The molecule has 1 aliphatic rings. The minimum absolute atomic E-state index is 0.0442. The van der Waals surface area contributed by atoms with Crippen LogP contribution in [0.1, 0.15) is 72.1 Å². The summed E-state index contributed by atoms with van der Waals surface area (Å²) in [6.07, 6.45) is 9.91. The second-order valence-electron chi connectivity index (χ2n) is 9.91. The molecule has 2 rings (SSSR count). The maximum Gasteiger partial charge on any atom is 0.192 e. The van der Waals surface area contributed by atoms with Gasteiger partial charge in [-0.05, 0) is 80.8 Å². The summed E-state index contributed by atoms with van der Waals surface area (Å²) in [7, 11) is -3.21. The van der Waals surface area contributed by atoms with Crippen molar-refractivity contribution < 1.29 is 13.7 Å². The molecule has 0 aliphatic heterocycles. The van der Waals surface area contributed by atoms with Gasteiger partial charge in [0.1, 0.15) is 9.73 Å². The molecule has 0 radical (unpaired) electrons. The van der Waals surface area contributed by atoms with Gasteiger partial charge in [-0.25, -0.2) is 8.57 Å². The highest BCUT2D eigenvalue weighted by atomic mass is 32.2. The summed E-state index contributed by atoms with van der Waals surface area (Å²) in [5, 5.41) is 11.6. The number of benzene rings is 1. The van der Waals surface area contributed by atoms with Crippen LogP contribution in [0.5, 0.6) is 0 Å². The molecule has 1 aromatic rings. The van der Waals surface area contributed by atoms with E-state index in [4.69, 9.17) is 4.43 Å². The van der Waals surface area contributed by atoms with Crippen molar-refractivity contribution in [2.24, 2.45) is 10.3 Å². The van der Waals surface area contributed by atoms with E-state index in [1.807, 2.05) is 42.5 Å². The third-order valence-electron chi connectivity index (χ3n) is 7.98. The molecule has 202 valence electrons. The van der Waals surface area contributed by atoms with Gasteiger partial charge in [0.2, 0.25) is 0 Å². The lowest BCUT2D eigenvalue weighted by molar-refractivity contribution is 0.113.